The van der Waals surface area contributed by atoms with Crippen molar-refractivity contribution in [3.05, 3.63) is 17.6 Å². The van der Waals surface area contributed by atoms with E-state index in [2.05, 4.69) is 20.8 Å². The first-order valence-electron chi connectivity index (χ1n) is 5.73. The maximum absolute atomic E-state index is 10.7. The predicted octanol–water partition coefficient (Wildman–Crippen LogP) is 3.83. The van der Waals surface area contributed by atoms with Crippen molar-refractivity contribution in [3.63, 3.8) is 0 Å². The molecule has 0 fully saturated rings. The fourth-order valence-corrected chi connectivity index (χ4v) is 1.46. The zero-order chi connectivity index (χ0) is 11.8. The van der Waals surface area contributed by atoms with E-state index in [1.807, 2.05) is 6.08 Å². The third kappa shape index (κ3) is 7.18. The Hall–Kier alpha value is -0.790. The van der Waals surface area contributed by atoms with Crippen molar-refractivity contribution >= 4 is 5.97 Å². The van der Waals surface area contributed by atoms with Gasteiger partial charge >= 0.3 is 5.97 Å². The monoisotopic (exact) mass is 211 g/mol. The summed E-state index contributed by atoms with van der Waals surface area (Å²) in [7, 11) is 0. The molecule has 0 bridgehead atoms. The van der Waals surface area contributed by atoms with E-state index in [0.29, 0.717) is 5.57 Å². The molecule has 2 heteroatoms. The summed E-state index contributed by atoms with van der Waals surface area (Å²) in [5, 5.41) is 8.76. The molecule has 0 rings (SSSR count). The molecule has 0 aliphatic rings. The molecular formula is C13H23O2. The predicted molar refractivity (Wildman–Crippen MR) is 63.6 cm³/mol. The number of hydrogen-bond acceptors (Lipinski definition) is 1. The lowest BCUT2D eigenvalue weighted by Gasteiger charge is -2.11. The number of allylic oxidation sites excluding steroid dienone is 1. The van der Waals surface area contributed by atoms with Crippen molar-refractivity contribution in [2.45, 2.75) is 53.4 Å². The van der Waals surface area contributed by atoms with E-state index < -0.39 is 5.97 Å². The highest BCUT2D eigenvalue weighted by Crippen LogP contribution is 2.20. The summed E-state index contributed by atoms with van der Waals surface area (Å²) in [5.74, 6) is 1.16. The van der Waals surface area contributed by atoms with Gasteiger partial charge in [0.2, 0.25) is 0 Å². The molecule has 0 aromatic rings. The van der Waals surface area contributed by atoms with Gasteiger partial charge in [-0.3, -0.25) is 0 Å². The molecule has 15 heavy (non-hydrogen) atoms. The number of rotatable bonds is 7. The maximum atomic E-state index is 10.7. The van der Waals surface area contributed by atoms with E-state index >= 15 is 0 Å². The van der Waals surface area contributed by atoms with E-state index in [4.69, 9.17) is 5.11 Å². The first kappa shape index (κ1) is 14.2. The van der Waals surface area contributed by atoms with Crippen LogP contribution in [0.5, 0.6) is 0 Å². The van der Waals surface area contributed by atoms with Gasteiger partial charge in [-0.1, -0.05) is 39.7 Å². The van der Waals surface area contributed by atoms with Gasteiger partial charge in [0.25, 0.3) is 0 Å². The van der Waals surface area contributed by atoms with E-state index in [0.717, 1.165) is 25.2 Å². The third-order valence-corrected chi connectivity index (χ3v) is 2.49. The topological polar surface area (TPSA) is 37.3 Å². The van der Waals surface area contributed by atoms with Crippen LogP contribution in [0.15, 0.2) is 11.6 Å². The van der Waals surface area contributed by atoms with Gasteiger partial charge in [-0.05, 0) is 31.6 Å². The van der Waals surface area contributed by atoms with Crippen molar-refractivity contribution in [3.8, 4) is 0 Å². The molecule has 0 aromatic carbocycles. The largest absolute Gasteiger partial charge is 0.478 e. The molecule has 87 valence electrons. The van der Waals surface area contributed by atoms with Gasteiger partial charge in [-0.15, -0.1) is 0 Å². The zero-order valence-electron chi connectivity index (χ0n) is 10.3. The Kier molecular flexibility index (Phi) is 7.10. The van der Waals surface area contributed by atoms with Gasteiger partial charge in [-0.2, -0.15) is 0 Å². The Bertz CT molecular complexity index is 217. The average Bonchev–Trinajstić information content (AvgIpc) is 2.15. The maximum Gasteiger partial charge on any atom is 0.330 e. The average molecular weight is 211 g/mol. The summed E-state index contributed by atoms with van der Waals surface area (Å²) in [6.45, 7) is 8.16. The Labute approximate surface area is 93.4 Å². The van der Waals surface area contributed by atoms with Gasteiger partial charge in [0, 0.05) is 5.57 Å². The minimum Gasteiger partial charge on any atom is -0.478 e. The van der Waals surface area contributed by atoms with Gasteiger partial charge in [0.15, 0.2) is 0 Å². The van der Waals surface area contributed by atoms with Crippen LogP contribution >= 0.6 is 0 Å². The Morgan fingerprint density at radius 3 is 2.40 bits per heavy atom. The van der Waals surface area contributed by atoms with Gasteiger partial charge < -0.3 is 5.11 Å². The minimum atomic E-state index is -0.815. The zero-order valence-corrected chi connectivity index (χ0v) is 10.3. The molecule has 0 unspecified atom stereocenters. The van der Waals surface area contributed by atoms with Crippen LogP contribution in [0.25, 0.3) is 0 Å². The summed E-state index contributed by atoms with van der Waals surface area (Å²) >= 11 is 0. The van der Waals surface area contributed by atoms with Crippen molar-refractivity contribution < 1.29 is 9.90 Å². The van der Waals surface area contributed by atoms with Crippen molar-refractivity contribution in [1.82, 2.24) is 0 Å². The Balaban J connectivity index is 4.03. The summed E-state index contributed by atoms with van der Waals surface area (Å²) in [6, 6.07) is 0. The quantitative estimate of drug-likeness (QED) is 0.650. The van der Waals surface area contributed by atoms with E-state index in [1.54, 1.807) is 6.92 Å². The fourth-order valence-electron chi connectivity index (χ4n) is 1.46. The van der Waals surface area contributed by atoms with Gasteiger partial charge in [-0.25, -0.2) is 4.79 Å². The van der Waals surface area contributed by atoms with Crippen molar-refractivity contribution in [1.29, 1.82) is 0 Å². The van der Waals surface area contributed by atoms with Crippen LogP contribution in [-0.4, -0.2) is 11.1 Å². The summed E-state index contributed by atoms with van der Waals surface area (Å²) < 4.78 is 0. The first-order chi connectivity index (χ1) is 6.97. The molecule has 1 N–H and O–H groups in total. The van der Waals surface area contributed by atoms with Crippen LogP contribution in [0.1, 0.15) is 53.4 Å². The Morgan fingerprint density at radius 1 is 1.40 bits per heavy atom. The van der Waals surface area contributed by atoms with Crippen LogP contribution in [-0.2, 0) is 4.79 Å². The van der Waals surface area contributed by atoms with E-state index in [9.17, 15) is 4.79 Å². The molecular weight excluding hydrogens is 188 g/mol. The van der Waals surface area contributed by atoms with E-state index in [1.165, 1.54) is 12.3 Å². The van der Waals surface area contributed by atoms with Crippen LogP contribution in [0.3, 0.4) is 0 Å². The van der Waals surface area contributed by atoms with Crippen LogP contribution in [0.2, 0.25) is 0 Å². The summed E-state index contributed by atoms with van der Waals surface area (Å²) in [5.41, 5.74) is 0.441. The van der Waals surface area contributed by atoms with Gasteiger partial charge in [0.1, 0.15) is 0 Å². The highest BCUT2D eigenvalue weighted by atomic mass is 16.4. The van der Waals surface area contributed by atoms with Gasteiger partial charge in [0.05, 0.1) is 0 Å². The normalized spacial score (nSPS) is 12.5. The second-order valence-corrected chi connectivity index (χ2v) is 4.43. The highest BCUT2D eigenvalue weighted by Gasteiger charge is 2.07. The van der Waals surface area contributed by atoms with E-state index in [-0.39, 0.29) is 0 Å². The third-order valence-electron chi connectivity index (χ3n) is 2.49. The smallest absolute Gasteiger partial charge is 0.330 e. The number of aliphatic carboxylic acids is 1. The summed E-state index contributed by atoms with van der Waals surface area (Å²) in [4.78, 5) is 10.7. The lowest BCUT2D eigenvalue weighted by molar-refractivity contribution is -0.132. The molecule has 0 aliphatic carbocycles. The van der Waals surface area contributed by atoms with Crippen LogP contribution in [0.4, 0.5) is 0 Å². The molecule has 0 aromatic heterocycles. The number of hydrogen-bond donors (Lipinski definition) is 1. The fraction of sp³-hybridized carbons (Fsp3) is 0.692. The molecule has 0 amide bonds. The second-order valence-electron chi connectivity index (χ2n) is 4.43. The molecule has 1 radical (unpaired) electrons. The second kappa shape index (κ2) is 7.49. The lowest BCUT2D eigenvalue weighted by atomic mass is 9.94. The molecule has 2 nitrogen and oxygen atoms in total. The molecule has 0 heterocycles. The van der Waals surface area contributed by atoms with Crippen LogP contribution < -0.4 is 0 Å². The number of carbonyl (C=O) groups is 1. The number of carboxylic acids is 1. The van der Waals surface area contributed by atoms with Crippen molar-refractivity contribution in [2.24, 2.45) is 5.92 Å². The van der Waals surface area contributed by atoms with Crippen molar-refractivity contribution in [2.75, 3.05) is 0 Å². The minimum absolute atomic E-state index is 0.441. The lowest BCUT2D eigenvalue weighted by Crippen LogP contribution is -2.01. The summed E-state index contributed by atoms with van der Waals surface area (Å²) in [6.07, 6.45) is 6.17. The van der Waals surface area contributed by atoms with Crippen LogP contribution in [0, 0.1) is 11.8 Å². The SMILES string of the molecule is CC[C](C=C(C)C(=O)O)CCCC(C)C. The number of carboxylic acid groups (broad SMARTS) is 1. The highest BCUT2D eigenvalue weighted by molar-refractivity contribution is 5.86. The first-order valence-corrected chi connectivity index (χ1v) is 5.73. The molecule has 0 aliphatic heterocycles. The molecule has 0 atom stereocenters. The molecule has 0 saturated carbocycles. The Morgan fingerprint density at radius 2 is 2.00 bits per heavy atom. The molecule has 0 spiro atoms. The molecule has 0 saturated heterocycles. The standard InChI is InChI=1S/C13H23O2/c1-5-12(8-6-7-10(2)3)9-11(4)13(14)15/h9-10H,5-8H2,1-4H3,(H,14,15).